The Balaban J connectivity index is 1.60. The van der Waals surface area contributed by atoms with E-state index in [1.54, 1.807) is 44.2 Å². The molecule has 0 bridgehead atoms. The minimum Gasteiger partial charge on any atom is -0.480 e. The van der Waals surface area contributed by atoms with Crippen LogP contribution in [0.5, 0.6) is 0 Å². The Hall–Kier alpha value is -2.72. The molecule has 1 heterocycles. The van der Waals surface area contributed by atoms with E-state index in [-0.39, 0.29) is 22.5 Å². The molecule has 1 aliphatic rings. The number of amides is 1. The molecule has 4 rings (SSSR count). The lowest BCUT2D eigenvalue weighted by atomic mass is 9.86. The Morgan fingerprint density at radius 2 is 1.73 bits per heavy atom. The van der Waals surface area contributed by atoms with E-state index in [2.05, 4.69) is 10.0 Å². The smallest absolute Gasteiger partial charge is 0.325 e. The van der Waals surface area contributed by atoms with Crippen LogP contribution in [0, 0.1) is 5.92 Å². The third-order valence-electron chi connectivity index (χ3n) is 6.84. The molecule has 0 radical (unpaired) electrons. The molecule has 1 aromatic heterocycles. The van der Waals surface area contributed by atoms with Gasteiger partial charge in [0.2, 0.25) is 5.91 Å². The number of thiophene rings is 1. The van der Waals surface area contributed by atoms with E-state index < -0.39 is 26.9 Å². The molecule has 2 aromatic carbocycles. The first-order valence-electron chi connectivity index (χ1n) is 12.0. The van der Waals surface area contributed by atoms with Crippen molar-refractivity contribution in [2.75, 3.05) is 6.54 Å². The first-order valence-corrected chi connectivity index (χ1v) is 14.6. The third kappa shape index (κ3) is 5.45. The van der Waals surface area contributed by atoms with Crippen LogP contribution in [0.25, 0.3) is 10.4 Å². The summed E-state index contributed by atoms with van der Waals surface area (Å²) in [5.74, 6) is -1.46. The molecule has 37 heavy (non-hydrogen) atoms. The maximum atomic E-state index is 13.5. The summed E-state index contributed by atoms with van der Waals surface area (Å²) in [7, 11) is -4.14. The van der Waals surface area contributed by atoms with Gasteiger partial charge in [-0.25, -0.2) is 8.42 Å². The summed E-state index contributed by atoms with van der Waals surface area (Å²) in [6, 6.07) is 19.4. The number of rotatable bonds is 11. The molecule has 1 aliphatic carbocycles. The SMILES string of the molecule is CC(C)C(=O)NCCC[C@@]1(c2ccccc2)CC1(NS(=O)(=O)c1ccc(-c2ccc(Cl)cc2)s1)C(=O)O. The van der Waals surface area contributed by atoms with Crippen LogP contribution in [-0.2, 0) is 25.0 Å². The van der Waals surface area contributed by atoms with Crippen LogP contribution in [0.1, 0.15) is 38.7 Å². The van der Waals surface area contributed by atoms with Crippen molar-refractivity contribution in [2.45, 2.75) is 48.3 Å². The Labute approximate surface area is 225 Å². The fraction of sp³-hybridized carbons (Fsp3) is 0.333. The highest BCUT2D eigenvalue weighted by atomic mass is 35.5. The van der Waals surface area contributed by atoms with Crippen LogP contribution < -0.4 is 10.0 Å². The van der Waals surface area contributed by atoms with Crippen molar-refractivity contribution in [3.8, 4) is 10.4 Å². The number of hydrogen-bond donors (Lipinski definition) is 3. The van der Waals surface area contributed by atoms with Gasteiger partial charge in [-0.05, 0) is 54.7 Å². The monoisotopic (exact) mass is 560 g/mol. The zero-order valence-corrected chi connectivity index (χ0v) is 22.9. The molecule has 2 atom stereocenters. The normalized spacial score (nSPS) is 21.1. The van der Waals surface area contributed by atoms with Gasteiger partial charge in [-0.15, -0.1) is 11.3 Å². The summed E-state index contributed by atoms with van der Waals surface area (Å²) in [5.41, 5.74) is -1.06. The van der Waals surface area contributed by atoms with Crippen LogP contribution in [0.2, 0.25) is 5.02 Å². The standard InChI is InChI=1S/C27H29ClN2O5S2/c1-18(2)24(31)29-16-6-15-26(20-7-4-3-5-8-20)17-27(26,25(32)33)30-37(34,35)23-14-13-22(36-23)19-9-11-21(28)12-10-19/h3-5,7-14,18,30H,6,15-17H2,1-2H3,(H,29,31)(H,32,33)/t26-,27?/m0/s1. The zero-order valence-electron chi connectivity index (χ0n) is 20.5. The predicted octanol–water partition coefficient (Wildman–Crippen LogP) is 5.06. The van der Waals surface area contributed by atoms with Gasteiger partial charge < -0.3 is 10.4 Å². The number of carbonyl (C=O) groups excluding carboxylic acids is 1. The van der Waals surface area contributed by atoms with Crippen LogP contribution >= 0.6 is 22.9 Å². The van der Waals surface area contributed by atoms with Gasteiger partial charge in [0.15, 0.2) is 0 Å². The number of halogens is 1. The highest BCUT2D eigenvalue weighted by Crippen LogP contribution is 2.61. The summed E-state index contributed by atoms with van der Waals surface area (Å²) < 4.78 is 29.5. The van der Waals surface area contributed by atoms with Crippen LogP contribution in [0.4, 0.5) is 0 Å². The summed E-state index contributed by atoms with van der Waals surface area (Å²) in [5, 5.41) is 13.8. The molecule has 3 aromatic rings. The average Bonchev–Trinajstić information content (AvgIpc) is 3.23. The molecule has 3 N–H and O–H groups in total. The van der Waals surface area contributed by atoms with Gasteiger partial charge >= 0.3 is 5.97 Å². The highest BCUT2D eigenvalue weighted by molar-refractivity contribution is 7.91. The summed E-state index contributed by atoms with van der Waals surface area (Å²) in [6.07, 6.45) is 1.01. The first-order chi connectivity index (χ1) is 17.5. The molecular formula is C27H29ClN2O5S2. The molecule has 1 fully saturated rings. The van der Waals surface area contributed by atoms with Crippen molar-refractivity contribution in [2.24, 2.45) is 5.92 Å². The van der Waals surface area contributed by atoms with Crippen molar-refractivity contribution in [3.63, 3.8) is 0 Å². The second-order valence-corrected chi connectivity index (χ2v) is 13.0. The number of aliphatic carboxylic acids is 1. The van der Waals surface area contributed by atoms with Gasteiger partial charge in [0.05, 0.1) is 0 Å². The fourth-order valence-electron chi connectivity index (χ4n) is 4.74. The Morgan fingerprint density at radius 3 is 2.35 bits per heavy atom. The van der Waals surface area contributed by atoms with Crippen molar-refractivity contribution < 1.29 is 23.1 Å². The summed E-state index contributed by atoms with van der Waals surface area (Å²) in [6.45, 7) is 3.98. The minimum absolute atomic E-state index is 0.0381. The number of carboxylic acid groups (broad SMARTS) is 1. The lowest BCUT2D eigenvalue weighted by Crippen LogP contribution is -2.48. The fourth-order valence-corrected chi connectivity index (χ4v) is 7.60. The molecular weight excluding hydrogens is 532 g/mol. The van der Waals surface area contributed by atoms with Gasteiger partial charge in [0.25, 0.3) is 10.0 Å². The van der Waals surface area contributed by atoms with Crippen molar-refractivity contribution in [1.82, 2.24) is 10.0 Å². The maximum absolute atomic E-state index is 13.5. The van der Waals surface area contributed by atoms with E-state index in [1.807, 2.05) is 30.3 Å². The highest BCUT2D eigenvalue weighted by Gasteiger charge is 2.74. The molecule has 0 spiro atoms. The molecule has 1 unspecified atom stereocenters. The number of carbonyl (C=O) groups is 2. The topological polar surface area (TPSA) is 113 Å². The minimum atomic E-state index is -4.14. The quantitative estimate of drug-likeness (QED) is 0.284. The van der Waals surface area contributed by atoms with Gasteiger partial charge in [-0.3, -0.25) is 9.59 Å². The lowest BCUT2D eigenvalue weighted by molar-refractivity contribution is -0.140. The first kappa shape index (κ1) is 27.3. The van der Waals surface area contributed by atoms with Crippen LogP contribution in [-0.4, -0.2) is 37.5 Å². The lowest BCUT2D eigenvalue weighted by Gasteiger charge is -2.24. The number of carboxylic acids is 1. The van der Waals surface area contributed by atoms with Crippen molar-refractivity contribution in [1.29, 1.82) is 0 Å². The van der Waals surface area contributed by atoms with E-state index in [0.717, 1.165) is 27.3 Å². The van der Waals surface area contributed by atoms with Crippen molar-refractivity contribution in [3.05, 3.63) is 77.3 Å². The van der Waals surface area contributed by atoms with E-state index >= 15 is 0 Å². The number of benzene rings is 2. The largest absolute Gasteiger partial charge is 0.480 e. The van der Waals surface area contributed by atoms with Crippen LogP contribution in [0.3, 0.4) is 0 Å². The Kier molecular flexibility index (Phi) is 7.80. The number of nitrogens with one attached hydrogen (secondary N) is 2. The number of sulfonamides is 1. The molecule has 0 aliphatic heterocycles. The predicted molar refractivity (Wildman–Crippen MR) is 145 cm³/mol. The molecule has 196 valence electrons. The summed E-state index contributed by atoms with van der Waals surface area (Å²) >= 11 is 7.03. The molecule has 10 heteroatoms. The Morgan fingerprint density at radius 1 is 1.05 bits per heavy atom. The summed E-state index contributed by atoms with van der Waals surface area (Å²) in [4.78, 5) is 25.3. The second-order valence-electron chi connectivity index (χ2n) is 9.62. The van der Waals surface area contributed by atoms with Crippen molar-refractivity contribution >= 4 is 44.8 Å². The maximum Gasteiger partial charge on any atom is 0.325 e. The molecule has 0 saturated heterocycles. The van der Waals surface area contributed by atoms with E-state index in [9.17, 15) is 23.1 Å². The molecule has 7 nitrogen and oxygen atoms in total. The van der Waals surface area contributed by atoms with Gasteiger partial charge in [0.1, 0.15) is 9.75 Å². The van der Waals surface area contributed by atoms with E-state index in [0.29, 0.717) is 24.4 Å². The van der Waals surface area contributed by atoms with E-state index in [1.165, 1.54) is 6.07 Å². The van der Waals surface area contributed by atoms with Crippen LogP contribution in [0.15, 0.2) is 70.9 Å². The zero-order chi connectivity index (χ0) is 26.8. The van der Waals surface area contributed by atoms with Gasteiger partial charge in [0, 0.05) is 27.8 Å². The van der Waals surface area contributed by atoms with Gasteiger partial charge in [-0.1, -0.05) is 67.9 Å². The molecule has 1 amide bonds. The molecule has 1 saturated carbocycles. The second kappa shape index (κ2) is 10.6. The van der Waals surface area contributed by atoms with Gasteiger partial charge in [-0.2, -0.15) is 4.72 Å². The van der Waals surface area contributed by atoms with E-state index in [4.69, 9.17) is 11.6 Å². The Bertz CT molecular complexity index is 1390. The number of hydrogen-bond acceptors (Lipinski definition) is 5. The third-order valence-corrected chi connectivity index (χ3v) is 10.2. The average molecular weight is 561 g/mol.